The molecule has 0 radical (unpaired) electrons. The summed E-state index contributed by atoms with van der Waals surface area (Å²) < 4.78 is 19.9. The third-order valence-electron chi connectivity index (χ3n) is 4.08. The Morgan fingerprint density at radius 1 is 1.14 bits per heavy atom. The van der Waals surface area contributed by atoms with Crippen LogP contribution in [0.5, 0.6) is 0 Å². The van der Waals surface area contributed by atoms with Gasteiger partial charge in [-0.15, -0.1) is 0 Å². The zero-order valence-electron chi connectivity index (χ0n) is 16.5. The molecule has 1 amide bonds. The van der Waals surface area contributed by atoms with Crippen LogP contribution in [-0.2, 0) is 16.0 Å². The van der Waals surface area contributed by atoms with Gasteiger partial charge >= 0.3 is 0 Å². The van der Waals surface area contributed by atoms with Crippen molar-refractivity contribution in [1.82, 2.24) is 5.32 Å². The summed E-state index contributed by atoms with van der Waals surface area (Å²) in [5, 5.41) is 6.92. The van der Waals surface area contributed by atoms with Crippen molar-refractivity contribution in [1.29, 1.82) is 0 Å². The molecule has 0 unspecified atom stereocenters. The number of hydrogen-bond acceptors (Lipinski definition) is 3. The number of anilines is 2. The predicted octanol–water partition coefficient (Wildman–Crippen LogP) is 6.39. The molecule has 0 aliphatic rings. The molecule has 0 aromatic heterocycles. The van der Waals surface area contributed by atoms with Crippen LogP contribution in [0.1, 0.15) is 32.8 Å². The highest BCUT2D eigenvalue weighted by atomic mass is 35.5. The van der Waals surface area contributed by atoms with Crippen molar-refractivity contribution in [3.8, 4) is 0 Å². The average Bonchev–Trinajstić information content (AvgIpc) is 2.64. The molecule has 2 aromatic rings. The minimum atomic E-state index is -0.490. The Labute approximate surface area is 185 Å². The van der Waals surface area contributed by atoms with E-state index < -0.39 is 11.4 Å². The fourth-order valence-corrected chi connectivity index (χ4v) is 3.48. The Balaban J connectivity index is 2.06. The Hall–Kier alpha value is -1.53. The van der Waals surface area contributed by atoms with Gasteiger partial charge in [0.1, 0.15) is 5.82 Å². The Morgan fingerprint density at radius 3 is 2.41 bits per heavy atom. The van der Waals surface area contributed by atoms with E-state index in [9.17, 15) is 9.18 Å². The van der Waals surface area contributed by atoms with Crippen LogP contribution in [0.2, 0.25) is 15.1 Å². The molecule has 0 fully saturated rings. The van der Waals surface area contributed by atoms with Crippen LogP contribution in [0.4, 0.5) is 15.8 Å². The maximum absolute atomic E-state index is 14.2. The number of amides is 1. The van der Waals surface area contributed by atoms with Gasteiger partial charge in [0.15, 0.2) is 0 Å². The molecule has 4 nitrogen and oxygen atoms in total. The maximum Gasteiger partial charge on any atom is 0.224 e. The van der Waals surface area contributed by atoms with E-state index in [1.807, 2.05) is 20.8 Å². The number of carbonyl (C=O) groups is 1. The Bertz CT molecular complexity index is 852. The van der Waals surface area contributed by atoms with E-state index in [1.165, 1.54) is 6.07 Å². The molecule has 2 aromatic carbocycles. The first-order valence-corrected chi connectivity index (χ1v) is 10.4. The van der Waals surface area contributed by atoms with Crippen molar-refractivity contribution in [2.45, 2.75) is 39.2 Å². The van der Waals surface area contributed by atoms with Crippen molar-refractivity contribution in [2.75, 3.05) is 18.5 Å². The van der Waals surface area contributed by atoms with Gasteiger partial charge in [-0.05, 0) is 56.2 Å². The lowest BCUT2D eigenvalue weighted by atomic mass is 10.1. The van der Waals surface area contributed by atoms with Gasteiger partial charge < -0.3 is 15.4 Å². The van der Waals surface area contributed by atoms with Crippen molar-refractivity contribution < 1.29 is 13.9 Å². The van der Waals surface area contributed by atoms with E-state index in [2.05, 4.69) is 10.6 Å². The molecular formula is C21H24Cl3FN2O2. The summed E-state index contributed by atoms with van der Waals surface area (Å²) in [7, 11) is 0. The highest BCUT2D eigenvalue weighted by molar-refractivity contribution is 6.41. The molecule has 0 saturated carbocycles. The first kappa shape index (κ1) is 23.7. The highest BCUT2D eigenvalue weighted by Gasteiger charge is 2.19. The summed E-state index contributed by atoms with van der Waals surface area (Å²) in [6, 6.07) is 7.49. The Morgan fingerprint density at radius 2 is 1.79 bits per heavy atom. The lowest BCUT2D eigenvalue weighted by Gasteiger charge is -2.25. The first-order valence-electron chi connectivity index (χ1n) is 9.22. The van der Waals surface area contributed by atoms with Crippen LogP contribution in [0.15, 0.2) is 30.3 Å². The summed E-state index contributed by atoms with van der Waals surface area (Å²) in [4.78, 5) is 12.3. The van der Waals surface area contributed by atoms with Crippen LogP contribution < -0.4 is 10.6 Å². The van der Waals surface area contributed by atoms with Gasteiger partial charge in [0.2, 0.25) is 5.91 Å². The molecular weight excluding hydrogens is 438 g/mol. The second-order valence-corrected chi connectivity index (χ2v) is 8.49. The Kier molecular flexibility index (Phi) is 8.58. The number of carbonyl (C=O) groups excluding carboxylic acids is 1. The third-order valence-corrected chi connectivity index (χ3v) is 4.90. The minimum Gasteiger partial charge on any atom is -0.374 e. The SMILES string of the molecule is CCCOC(C)(C)CNC(=O)Cc1cc(Nc2c(Cl)cc(Cl)cc2Cl)ccc1F. The molecule has 29 heavy (non-hydrogen) atoms. The van der Waals surface area contributed by atoms with Crippen molar-refractivity contribution in [3.63, 3.8) is 0 Å². The number of hydrogen-bond donors (Lipinski definition) is 2. The molecule has 0 aliphatic heterocycles. The lowest BCUT2D eigenvalue weighted by Crippen LogP contribution is -2.41. The van der Waals surface area contributed by atoms with E-state index in [0.29, 0.717) is 39.6 Å². The number of nitrogens with one attached hydrogen (secondary N) is 2. The van der Waals surface area contributed by atoms with Gasteiger partial charge in [-0.2, -0.15) is 0 Å². The van der Waals surface area contributed by atoms with Crippen LogP contribution in [0.3, 0.4) is 0 Å². The smallest absolute Gasteiger partial charge is 0.224 e. The largest absolute Gasteiger partial charge is 0.374 e. The van der Waals surface area contributed by atoms with Crippen LogP contribution in [0, 0.1) is 5.82 Å². The first-order chi connectivity index (χ1) is 13.6. The normalized spacial score (nSPS) is 11.4. The van der Waals surface area contributed by atoms with E-state index >= 15 is 0 Å². The fraction of sp³-hybridized carbons (Fsp3) is 0.381. The van der Waals surface area contributed by atoms with E-state index in [1.54, 1.807) is 24.3 Å². The molecule has 0 saturated heterocycles. The van der Waals surface area contributed by atoms with Gasteiger partial charge in [0, 0.05) is 23.9 Å². The lowest BCUT2D eigenvalue weighted by molar-refractivity contribution is -0.122. The summed E-state index contributed by atoms with van der Waals surface area (Å²) in [5.41, 5.74) is 0.762. The van der Waals surface area contributed by atoms with Gasteiger partial charge in [0.25, 0.3) is 0 Å². The molecule has 2 rings (SSSR count). The molecule has 8 heteroatoms. The van der Waals surface area contributed by atoms with Gasteiger partial charge in [-0.1, -0.05) is 41.7 Å². The number of rotatable bonds is 9. The number of halogens is 4. The highest BCUT2D eigenvalue weighted by Crippen LogP contribution is 2.36. The summed E-state index contributed by atoms with van der Waals surface area (Å²) in [5.74, 6) is -0.766. The van der Waals surface area contributed by atoms with E-state index in [-0.39, 0.29) is 17.9 Å². The number of benzene rings is 2. The second kappa shape index (κ2) is 10.5. The summed E-state index contributed by atoms with van der Waals surface area (Å²) >= 11 is 18.3. The van der Waals surface area contributed by atoms with Crippen LogP contribution >= 0.6 is 34.8 Å². The van der Waals surface area contributed by atoms with E-state index in [0.717, 1.165) is 6.42 Å². The van der Waals surface area contributed by atoms with Gasteiger partial charge in [-0.3, -0.25) is 4.79 Å². The third kappa shape index (κ3) is 7.34. The topological polar surface area (TPSA) is 50.4 Å². The minimum absolute atomic E-state index is 0.104. The fourth-order valence-electron chi connectivity index (χ4n) is 2.57. The van der Waals surface area contributed by atoms with E-state index in [4.69, 9.17) is 39.5 Å². The molecule has 0 spiro atoms. The molecule has 158 valence electrons. The summed E-state index contributed by atoms with van der Waals surface area (Å²) in [6.07, 6.45) is 0.789. The molecule has 0 aliphatic carbocycles. The molecule has 0 heterocycles. The quantitative estimate of drug-likeness (QED) is 0.455. The standard InChI is InChI=1S/C21H24Cl3FN2O2/c1-4-7-29-21(2,3)12-26-19(28)9-13-8-15(5-6-18(13)25)27-20-16(23)10-14(22)11-17(20)24/h5-6,8,10-11,27H,4,7,9,12H2,1-3H3,(H,26,28). The zero-order valence-corrected chi connectivity index (χ0v) is 18.8. The van der Waals surface area contributed by atoms with Crippen LogP contribution in [0.25, 0.3) is 0 Å². The van der Waals surface area contributed by atoms with Gasteiger partial charge in [-0.25, -0.2) is 4.39 Å². The zero-order chi connectivity index (χ0) is 21.6. The monoisotopic (exact) mass is 460 g/mol. The maximum atomic E-state index is 14.2. The number of ether oxygens (including phenoxy) is 1. The molecule has 0 atom stereocenters. The van der Waals surface area contributed by atoms with Crippen molar-refractivity contribution in [2.24, 2.45) is 0 Å². The van der Waals surface area contributed by atoms with Gasteiger partial charge in [0.05, 0.1) is 27.8 Å². The predicted molar refractivity (Wildman–Crippen MR) is 118 cm³/mol. The molecule has 0 bridgehead atoms. The van der Waals surface area contributed by atoms with Crippen molar-refractivity contribution in [3.05, 3.63) is 56.8 Å². The average molecular weight is 462 g/mol. The van der Waals surface area contributed by atoms with Crippen molar-refractivity contribution >= 4 is 52.1 Å². The molecule has 2 N–H and O–H groups in total. The van der Waals surface area contributed by atoms with Crippen LogP contribution in [-0.4, -0.2) is 24.7 Å². The summed E-state index contributed by atoms with van der Waals surface area (Å²) in [6.45, 7) is 6.76. The second-order valence-electron chi connectivity index (χ2n) is 7.24.